The van der Waals surface area contributed by atoms with Gasteiger partial charge in [0.2, 0.25) is 5.88 Å². The largest absolute Gasteiger partial charge is 0.480 e. The monoisotopic (exact) mass is 479 g/mol. The molecule has 3 rings (SSSR count). The van der Waals surface area contributed by atoms with Crippen LogP contribution in [-0.2, 0) is 12.7 Å². The molecule has 0 spiro atoms. The molecule has 5 nitrogen and oxygen atoms in total. The number of carbonyl (C=O) groups is 1. The van der Waals surface area contributed by atoms with Gasteiger partial charge in [-0.05, 0) is 58.4 Å². The van der Waals surface area contributed by atoms with E-state index in [1.807, 2.05) is 0 Å². The SMILES string of the molecule is COc1nc(CNc2ccccc2C(=O)Nc2cccc(C(F)(F)F)c2)ccc1Br. The number of alkyl halides is 3. The summed E-state index contributed by atoms with van der Waals surface area (Å²) < 4.78 is 44.6. The Morgan fingerprint density at radius 3 is 2.60 bits per heavy atom. The lowest BCUT2D eigenvalue weighted by atomic mass is 10.1. The predicted molar refractivity (Wildman–Crippen MR) is 112 cm³/mol. The minimum Gasteiger partial charge on any atom is -0.480 e. The van der Waals surface area contributed by atoms with E-state index in [9.17, 15) is 18.0 Å². The van der Waals surface area contributed by atoms with Gasteiger partial charge >= 0.3 is 6.18 Å². The Labute approximate surface area is 179 Å². The highest BCUT2D eigenvalue weighted by molar-refractivity contribution is 9.10. The highest BCUT2D eigenvalue weighted by Crippen LogP contribution is 2.31. The Morgan fingerprint density at radius 1 is 1.10 bits per heavy atom. The third kappa shape index (κ3) is 5.29. The summed E-state index contributed by atoms with van der Waals surface area (Å²) >= 11 is 3.33. The number of pyridine rings is 1. The summed E-state index contributed by atoms with van der Waals surface area (Å²) in [5.74, 6) is -0.0938. The molecule has 0 bridgehead atoms. The average molecular weight is 480 g/mol. The molecule has 0 aliphatic carbocycles. The lowest BCUT2D eigenvalue weighted by Crippen LogP contribution is -2.15. The van der Waals surface area contributed by atoms with Crippen molar-refractivity contribution in [1.29, 1.82) is 0 Å². The van der Waals surface area contributed by atoms with Crippen molar-refractivity contribution in [2.75, 3.05) is 17.7 Å². The molecule has 3 aromatic rings. The lowest BCUT2D eigenvalue weighted by Gasteiger charge is -2.13. The maximum Gasteiger partial charge on any atom is 0.416 e. The van der Waals surface area contributed by atoms with Gasteiger partial charge in [0, 0.05) is 11.4 Å². The number of benzene rings is 2. The number of halogens is 4. The second-order valence-electron chi connectivity index (χ2n) is 6.23. The molecular weight excluding hydrogens is 463 g/mol. The summed E-state index contributed by atoms with van der Waals surface area (Å²) in [4.78, 5) is 17.0. The first-order chi connectivity index (χ1) is 14.3. The number of carbonyl (C=O) groups excluding carboxylic acids is 1. The molecule has 156 valence electrons. The number of ether oxygens (including phenoxy) is 1. The zero-order chi connectivity index (χ0) is 21.7. The summed E-state index contributed by atoms with van der Waals surface area (Å²) in [5, 5.41) is 5.64. The zero-order valence-electron chi connectivity index (χ0n) is 15.8. The number of para-hydroxylation sites is 1. The minimum absolute atomic E-state index is 0.0592. The van der Waals surface area contributed by atoms with Gasteiger partial charge < -0.3 is 15.4 Å². The average Bonchev–Trinajstić information content (AvgIpc) is 2.73. The fourth-order valence-electron chi connectivity index (χ4n) is 2.70. The van der Waals surface area contributed by atoms with Gasteiger partial charge in [-0.1, -0.05) is 18.2 Å². The van der Waals surface area contributed by atoms with Crippen molar-refractivity contribution in [1.82, 2.24) is 4.98 Å². The second kappa shape index (κ2) is 9.17. The topological polar surface area (TPSA) is 63.2 Å². The van der Waals surface area contributed by atoms with Crippen LogP contribution in [0.2, 0.25) is 0 Å². The number of nitrogens with one attached hydrogen (secondary N) is 2. The van der Waals surface area contributed by atoms with E-state index >= 15 is 0 Å². The molecule has 0 unspecified atom stereocenters. The van der Waals surface area contributed by atoms with Crippen LogP contribution in [0.5, 0.6) is 5.88 Å². The molecule has 2 aromatic carbocycles. The maximum atomic E-state index is 12.9. The van der Waals surface area contributed by atoms with Crippen LogP contribution in [0.3, 0.4) is 0 Å². The molecule has 0 saturated heterocycles. The molecule has 0 saturated carbocycles. The second-order valence-corrected chi connectivity index (χ2v) is 7.08. The number of anilines is 2. The van der Waals surface area contributed by atoms with Crippen LogP contribution in [-0.4, -0.2) is 18.0 Å². The fourth-order valence-corrected chi connectivity index (χ4v) is 3.08. The Balaban J connectivity index is 1.76. The number of nitrogens with zero attached hydrogens (tertiary/aromatic N) is 1. The summed E-state index contributed by atoms with van der Waals surface area (Å²) in [6.07, 6.45) is -4.49. The van der Waals surface area contributed by atoms with Crippen LogP contribution in [0.25, 0.3) is 0 Å². The van der Waals surface area contributed by atoms with E-state index in [4.69, 9.17) is 4.74 Å². The first-order valence-corrected chi connectivity index (χ1v) is 9.58. The first kappa shape index (κ1) is 21.6. The Bertz CT molecular complexity index is 1060. The van der Waals surface area contributed by atoms with E-state index in [0.717, 1.165) is 16.6 Å². The number of aromatic nitrogens is 1. The summed E-state index contributed by atoms with van der Waals surface area (Å²) in [5.41, 5.74) is 0.721. The fraction of sp³-hybridized carbons (Fsp3) is 0.143. The smallest absolute Gasteiger partial charge is 0.416 e. The van der Waals surface area contributed by atoms with Crippen LogP contribution in [0, 0.1) is 0 Å². The van der Waals surface area contributed by atoms with Crippen LogP contribution in [0.4, 0.5) is 24.5 Å². The molecule has 2 N–H and O–H groups in total. The quantitative estimate of drug-likeness (QED) is 0.473. The van der Waals surface area contributed by atoms with Gasteiger partial charge in [0.25, 0.3) is 5.91 Å². The normalized spacial score (nSPS) is 11.1. The van der Waals surface area contributed by atoms with Crippen molar-refractivity contribution < 1.29 is 22.7 Å². The van der Waals surface area contributed by atoms with Gasteiger partial charge in [0.15, 0.2) is 0 Å². The van der Waals surface area contributed by atoms with Crippen molar-refractivity contribution in [3.05, 3.63) is 82.0 Å². The van der Waals surface area contributed by atoms with Crippen molar-refractivity contribution in [2.45, 2.75) is 12.7 Å². The van der Waals surface area contributed by atoms with Gasteiger partial charge in [-0.3, -0.25) is 4.79 Å². The van der Waals surface area contributed by atoms with Crippen LogP contribution >= 0.6 is 15.9 Å². The third-order valence-electron chi connectivity index (χ3n) is 4.14. The van der Waals surface area contributed by atoms with Gasteiger partial charge in [-0.15, -0.1) is 0 Å². The van der Waals surface area contributed by atoms with Gasteiger partial charge in [0.1, 0.15) is 0 Å². The van der Waals surface area contributed by atoms with E-state index in [-0.39, 0.29) is 5.69 Å². The molecule has 0 atom stereocenters. The summed E-state index contributed by atoms with van der Waals surface area (Å²) in [6, 6.07) is 14.8. The number of rotatable bonds is 6. The van der Waals surface area contributed by atoms with E-state index in [2.05, 4.69) is 31.5 Å². The zero-order valence-corrected chi connectivity index (χ0v) is 17.3. The third-order valence-corrected chi connectivity index (χ3v) is 4.75. The highest BCUT2D eigenvalue weighted by atomic mass is 79.9. The van der Waals surface area contributed by atoms with Crippen molar-refractivity contribution in [3.8, 4) is 5.88 Å². The van der Waals surface area contributed by atoms with E-state index in [1.165, 1.54) is 19.2 Å². The first-order valence-electron chi connectivity index (χ1n) is 8.79. The Hall–Kier alpha value is -3.07. The number of hydrogen-bond acceptors (Lipinski definition) is 4. The number of methoxy groups -OCH3 is 1. The molecule has 1 amide bonds. The molecule has 1 heterocycles. The van der Waals surface area contributed by atoms with E-state index in [0.29, 0.717) is 29.4 Å². The molecule has 30 heavy (non-hydrogen) atoms. The maximum absolute atomic E-state index is 12.9. The van der Waals surface area contributed by atoms with Crippen LogP contribution in [0.1, 0.15) is 21.6 Å². The molecule has 0 fully saturated rings. The predicted octanol–water partition coefficient (Wildman–Crippen LogP) is 5.74. The lowest BCUT2D eigenvalue weighted by molar-refractivity contribution is -0.137. The highest BCUT2D eigenvalue weighted by Gasteiger charge is 2.30. The van der Waals surface area contributed by atoms with Crippen molar-refractivity contribution in [3.63, 3.8) is 0 Å². The molecule has 1 aromatic heterocycles. The molecular formula is C21H17BrF3N3O2. The number of amides is 1. The van der Waals surface area contributed by atoms with Crippen molar-refractivity contribution in [2.24, 2.45) is 0 Å². The molecule has 9 heteroatoms. The summed E-state index contributed by atoms with van der Waals surface area (Å²) in [6.45, 7) is 0.317. The molecule has 0 aliphatic rings. The Kier molecular flexibility index (Phi) is 6.61. The minimum atomic E-state index is -4.49. The van der Waals surface area contributed by atoms with Gasteiger partial charge in [-0.25, -0.2) is 4.98 Å². The van der Waals surface area contributed by atoms with E-state index in [1.54, 1.807) is 36.4 Å². The molecule has 0 aliphatic heterocycles. The standard InChI is InChI=1S/C21H17BrF3N3O2/c1-30-20-17(22)10-9-15(28-20)12-26-18-8-3-2-7-16(18)19(29)27-14-6-4-5-13(11-14)21(23,24)25/h2-11,26H,12H2,1H3,(H,27,29). The van der Waals surface area contributed by atoms with Gasteiger partial charge in [-0.2, -0.15) is 13.2 Å². The van der Waals surface area contributed by atoms with Crippen LogP contribution in [0.15, 0.2) is 65.1 Å². The van der Waals surface area contributed by atoms with Gasteiger partial charge in [0.05, 0.1) is 34.9 Å². The number of hydrogen-bond donors (Lipinski definition) is 2. The van der Waals surface area contributed by atoms with Crippen molar-refractivity contribution >= 4 is 33.2 Å². The van der Waals surface area contributed by atoms with Crippen LogP contribution < -0.4 is 15.4 Å². The summed E-state index contributed by atoms with van der Waals surface area (Å²) in [7, 11) is 1.51. The van der Waals surface area contributed by atoms with E-state index < -0.39 is 17.6 Å². The Morgan fingerprint density at radius 2 is 1.87 bits per heavy atom. The molecule has 0 radical (unpaired) electrons.